The molecule has 1 aliphatic heterocycles. The fraction of sp³-hybridized carbons (Fsp3) is 0.188. The molecule has 2 aromatic carbocycles. The van der Waals surface area contributed by atoms with Crippen LogP contribution in [0.25, 0.3) is 0 Å². The van der Waals surface area contributed by atoms with Crippen LogP contribution in [0.4, 0.5) is 23.2 Å². The Labute approximate surface area is 149 Å². The lowest BCUT2D eigenvalue weighted by Gasteiger charge is -2.13. The minimum atomic E-state index is -4.71. The zero-order chi connectivity index (χ0) is 18.4. The van der Waals surface area contributed by atoms with Gasteiger partial charge in [-0.05, 0) is 30.0 Å². The van der Waals surface area contributed by atoms with Gasteiger partial charge in [-0.2, -0.15) is 13.2 Å². The van der Waals surface area contributed by atoms with E-state index < -0.39 is 28.3 Å². The van der Waals surface area contributed by atoms with Crippen molar-refractivity contribution < 1.29 is 27.1 Å². The monoisotopic (exact) mass is 391 g/mol. The van der Waals surface area contributed by atoms with Crippen LogP contribution >= 0.6 is 23.4 Å². The lowest BCUT2D eigenvalue weighted by atomic mass is 10.1. The molecule has 1 unspecified atom stereocenters. The fourth-order valence-corrected chi connectivity index (χ4v) is 3.43. The molecule has 1 atom stereocenters. The highest BCUT2D eigenvalue weighted by atomic mass is 35.5. The molecule has 0 radical (unpaired) electrons. The number of ether oxygens (including phenoxy) is 1. The highest BCUT2D eigenvalue weighted by molar-refractivity contribution is 7.99. The summed E-state index contributed by atoms with van der Waals surface area (Å²) in [7, 11) is 0. The first-order chi connectivity index (χ1) is 11.7. The number of amides is 1. The van der Waals surface area contributed by atoms with E-state index in [2.05, 4.69) is 5.32 Å². The second-order valence-electron chi connectivity index (χ2n) is 5.22. The van der Waals surface area contributed by atoms with E-state index in [9.17, 15) is 22.4 Å². The third kappa shape index (κ3) is 3.41. The molecule has 0 saturated heterocycles. The van der Waals surface area contributed by atoms with E-state index in [0.717, 1.165) is 5.56 Å². The van der Waals surface area contributed by atoms with Gasteiger partial charge in [0.2, 0.25) is 5.91 Å². The van der Waals surface area contributed by atoms with Gasteiger partial charge in [-0.15, -0.1) is 11.8 Å². The molecule has 25 heavy (non-hydrogen) atoms. The Balaban J connectivity index is 1.92. The van der Waals surface area contributed by atoms with Crippen LogP contribution in [-0.4, -0.2) is 12.2 Å². The van der Waals surface area contributed by atoms with Crippen LogP contribution in [0.2, 0.25) is 5.02 Å². The Morgan fingerprint density at radius 2 is 1.96 bits per heavy atom. The highest BCUT2D eigenvalue weighted by Gasteiger charge is 2.33. The van der Waals surface area contributed by atoms with Crippen molar-refractivity contribution in [2.24, 2.45) is 0 Å². The highest BCUT2D eigenvalue weighted by Crippen LogP contribution is 2.43. The number of alkyl halides is 3. The third-order valence-electron chi connectivity index (χ3n) is 3.58. The number of carbonyl (C=O) groups is 1. The van der Waals surface area contributed by atoms with Gasteiger partial charge in [-0.1, -0.05) is 17.7 Å². The Morgan fingerprint density at radius 3 is 2.56 bits per heavy atom. The van der Waals surface area contributed by atoms with E-state index in [1.54, 1.807) is 12.3 Å². The van der Waals surface area contributed by atoms with Crippen LogP contribution in [0.5, 0.6) is 11.5 Å². The predicted molar refractivity (Wildman–Crippen MR) is 87.8 cm³/mol. The summed E-state index contributed by atoms with van der Waals surface area (Å²) in [4.78, 5) is 11.8. The van der Waals surface area contributed by atoms with E-state index in [1.807, 2.05) is 0 Å². The fourth-order valence-electron chi connectivity index (χ4n) is 2.45. The number of benzene rings is 2. The summed E-state index contributed by atoms with van der Waals surface area (Å²) in [5.41, 5.74) is 0.0560. The van der Waals surface area contributed by atoms with Gasteiger partial charge < -0.3 is 10.1 Å². The minimum absolute atomic E-state index is 0.140. The lowest BCUT2D eigenvalue weighted by molar-refractivity contribution is -0.137. The number of halogens is 5. The van der Waals surface area contributed by atoms with Crippen molar-refractivity contribution in [2.45, 2.75) is 11.4 Å². The van der Waals surface area contributed by atoms with Crippen LogP contribution in [0.15, 0.2) is 30.3 Å². The predicted octanol–water partition coefficient (Wildman–Crippen LogP) is 5.65. The maximum Gasteiger partial charge on any atom is 0.416 e. The van der Waals surface area contributed by atoms with Crippen molar-refractivity contribution in [1.29, 1.82) is 0 Å². The third-order valence-corrected chi connectivity index (χ3v) is 4.80. The zero-order valence-corrected chi connectivity index (χ0v) is 14.2. The number of nitrogens with one attached hydrogen (secondary N) is 1. The maximum absolute atomic E-state index is 14.0. The van der Waals surface area contributed by atoms with Crippen LogP contribution < -0.4 is 10.1 Å². The molecule has 0 bridgehead atoms. The number of thioether (sulfide) groups is 1. The van der Waals surface area contributed by atoms with Gasteiger partial charge in [0.05, 0.1) is 10.6 Å². The Kier molecular flexibility index (Phi) is 4.59. The summed E-state index contributed by atoms with van der Waals surface area (Å²) in [5.74, 6) is -1.79. The summed E-state index contributed by atoms with van der Waals surface area (Å²) in [6, 6.07) is 5.52. The SMILES string of the molecule is CSC1C(=O)Nc2cc(Oc3c(F)cc(C(F)(F)F)cc3Cl)ccc21. The molecule has 1 N–H and O–H groups in total. The van der Waals surface area contributed by atoms with E-state index >= 15 is 0 Å². The molecular formula is C16H10ClF4NO2S. The van der Waals surface area contributed by atoms with Gasteiger partial charge in [-0.25, -0.2) is 4.39 Å². The molecule has 0 fully saturated rings. The molecule has 1 aliphatic rings. The smallest absolute Gasteiger partial charge is 0.416 e. The molecule has 9 heteroatoms. The van der Waals surface area contributed by atoms with Crippen LogP contribution in [-0.2, 0) is 11.0 Å². The molecular weight excluding hydrogens is 382 g/mol. The topological polar surface area (TPSA) is 38.3 Å². The molecule has 3 nitrogen and oxygen atoms in total. The molecule has 1 heterocycles. The second-order valence-corrected chi connectivity index (χ2v) is 6.57. The van der Waals surface area contributed by atoms with Gasteiger partial charge in [0.15, 0.2) is 11.6 Å². The largest absolute Gasteiger partial charge is 0.453 e. The standard InChI is InChI=1S/C16H10ClF4NO2S/c1-25-14-9-3-2-8(6-12(9)22-15(14)23)24-13-10(17)4-7(5-11(13)18)16(19,20)21/h2-6,14H,1H3,(H,22,23). The molecule has 1 amide bonds. The summed E-state index contributed by atoms with van der Waals surface area (Å²) in [6.45, 7) is 0. The molecule has 0 aromatic heterocycles. The summed E-state index contributed by atoms with van der Waals surface area (Å²) in [5, 5.41) is 1.82. The lowest BCUT2D eigenvalue weighted by Crippen LogP contribution is -2.08. The average Bonchev–Trinajstić information content (AvgIpc) is 2.84. The normalized spacial score (nSPS) is 16.6. The van der Waals surface area contributed by atoms with Crippen molar-refractivity contribution in [2.75, 3.05) is 11.6 Å². The first-order valence-corrected chi connectivity index (χ1v) is 8.59. The second kappa shape index (κ2) is 6.42. The van der Waals surface area contributed by atoms with E-state index in [-0.39, 0.29) is 16.9 Å². The maximum atomic E-state index is 14.0. The molecule has 0 spiro atoms. The zero-order valence-electron chi connectivity index (χ0n) is 12.6. The van der Waals surface area contributed by atoms with Gasteiger partial charge in [0.1, 0.15) is 11.0 Å². The van der Waals surface area contributed by atoms with Gasteiger partial charge >= 0.3 is 6.18 Å². The van der Waals surface area contributed by atoms with E-state index in [4.69, 9.17) is 16.3 Å². The van der Waals surface area contributed by atoms with E-state index in [1.165, 1.54) is 23.9 Å². The van der Waals surface area contributed by atoms with Crippen molar-refractivity contribution in [3.8, 4) is 11.5 Å². The number of carbonyl (C=O) groups excluding carboxylic acids is 1. The molecule has 0 saturated carbocycles. The first-order valence-electron chi connectivity index (χ1n) is 6.92. The van der Waals surface area contributed by atoms with Crippen molar-refractivity contribution in [3.63, 3.8) is 0 Å². The molecule has 132 valence electrons. The van der Waals surface area contributed by atoms with Gasteiger partial charge in [0.25, 0.3) is 0 Å². The number of rotatable bonds is 3. The molecule has 0 aliphatic carbocycles. The van der Waals surface area contributed by atoms with Crippen LogP contribution in [0.3, 0.4) is 0 Å². The Bertz CT molecular complexity index is 834. The minimum Gasteiger partial charge on any atom is -0.453 e. The summed E-state index contributed by atoms with van der Waals surface area (Å²) >= 11 is 7.10. The quantitative estimate of drug-likeness (QED) is 0.687. The molecule has 3 rings (SSSR count). The van der Waals surface area contributed by atoms with Crippen molar-refractivity contribution in [3.05, 3.63) is 52.3 Å². The number of hydrogen-bond donors (Lipinski definition) is 1. The van der Waals surface area contributed by atoms with Gasteiger partial charge in [0, 0.05) is 11.8 Å². The Morgan fingerprint density at radius 1 is 1.24 bits per heavy atom. The number of hydrogen-bond acceptors (Lipinski definition) is 3. The van der Waals surface area contributed by atoms with Gasteiger partial charge in [-0.3, -0.25) is 4.79 Å². The van der Waals surface area contributed by atoms with Crippen LogP contribution in [0, 0.1) is 5.82 Å². The number of fused-ring (bicyclic) bond motifs is 1. The number of anilines is 1. The Hall–Kier alpha value is -1.93. The summed E-state index contributed by atoms with van der Waals surface area (Å²) in [6.07, 6.45) is -2.92. The van der Waals surface area contributed by atoms with E-state index in [0.29, 0.717) is 17.8 Å². The van der Waals surface area contributed by atoms with Crippen molar-refractivity contribution >= 4 is 35.0 Å². The average molecular weight is 392 g/mol. The van der Waals surface area contributed by atoms with Crippen molar-refractivity contribution in [1.82, 2.24) is 0 Å². The van der Waals surface area contributed by atoms with Crippen LogP contribution in [0.1, 0.15) is 16.4 Å². The molecule has 2 aromatic rings. The first kappa shape index (κ1) is 17.9. The summed E-state index contributed by atoms with van der Waals surface area (Å²) < 4.78 is 57.3.